The fourth-order valence-corrected chi connectivity index (χ4v) is 8.03. The number of benzene rings is 2. The normalized spacial score (nSPS) is 14.8. The molecule has 1 fully saturated rings. The second kappa shape index (κ2) is 27.2. The van der Waals surface area contributed by atoms with Gasteiger partial charge in [-0.15, -0.1) is 0 Å². The third kappa shape index (κ3) is 19.4. The zero-order valence-corrected chi connectivity index (χ0v) is 42.0. The SMILES string of the molecule is CC(=O)N1CCC[C@H]1C(=O)N[C@@H](CCCNC(=O)OC(C)(C)C)C(=O)NCC(=O)N[C@@H](CCc1ccccc1)C(=O)N[C@@H](CC(C)C)C(=O)NNC(=O)c1ccc(NN=Cc2ccccc2S(=O)(=O)O)nc1. The van der Waals surface area contributed by atoms with E-state index in [0.29, 0.717) is 25.8 Å². The number of anilines is 1. The molecular formula is C48H65N11O12S. The Bertz CT molecular complexity index is 2520. The molecule has 390 valence electrons. The minimum atomic E-state index is -4.50. The molecule has 4 atom stereocenters. The molecule has 0 bridgehead atoms. The molecule has 1 saturated heterocycles. The lowest BCUT2D eigenvalue weighted by Crippen LogP contribution is -2.57. The van der Waals surface area contributed by atoms with Gasteiger partial charge < -0.3 is 36.2 Å². The Kier molecular flexibility index (Phi) is 21.6. The number of carbonyl (C=O) groups excluding carboxylic acids is 8. The van der Waals surface area contributed by atoms with Gasteiger partial charge in [-0.25, -0.2) is 9.78 Å². The van der Waals surface area contributed by atoms with E-state index in [-0.39, 0.29) is 65.9 Å². The average Bonchev–Trinajstić information content (AvgIpc) is 3.83. The van der Waals surface area contributed by atoms with Gasteiger partial charge in [-0.3, -0.25) is 54.4 Å². The minimum absolute atomic E-state index is 0.0270. The van der Waals surface area contributed by atoms with Crippen molar-refractivity contribution in [1.29, 1.82) is 0 Å². The van der Waals surface area contributed by atoms with Gasteiger partial charge in [-0.1, -0.05) is 62.4 Å². The van der Waals surface area contributed by atoms with Crippen LogP contribution in [0.2, 0.25) is 0 Å². The molecule has 0 unspecified atom stereocenters. The molecule has 3 aromatic rings. The van der Waals surface area contributed by atoms with Crippen LogP contribution in [-0.2, 0) is 50.0 Å². The molecule has 9 N–H and O–H groups in total. The van der Waals surface area contributed by atoms with Gasteiger partial charge >= 0.3 is 6.09 Å². The van der Waals surface area contributed by atoms with E-state index in [9.17, 15) is 51.3 Å². The molecule has 1 aliphatic heterocycles. The molecule has 2 heterocycles. The van der Waals surface area contributed by atoms with Gasteiger partial charge in [0, 0.05) is 31.8 Å². The van der Waals surface area contributed by atoms with Gasteiger partial charge in [0.15, 0.2) is 0 Å². The Morgan fingerprint density at radius 3 is 2.19 bits per heavy atom. The fraction of sp³-hybridized carbons (Fsp3) is 0.458. The van der Waals surface area contributed by atoms with Crippen molar-refractivity contribution in [1.82, 2.24) is 47.3 Å². The van der Waals surface area contributed by atoms with E-state index in [0.717, 1.165) is 11.8 Å². The van der Waals surface area contributed by atoms with E-state index in [1.807, 2.05) is 44.2 Å². The van der Waals surface area contributed by atoms with E-state index in [1.165, 1.54) is 48.4 Å². The number of amides is 8. The van der Waals surface area contributed by atoms with Crippen molar-refractivity contribution >= 4 is 69.6 Å². The van der Waals surface area contributed by atoms with Gasteiger partial charge in [0.2, 0.25) is 29.5 Å². The first kappa shape index (κ1) is 57.1. The Morgan fingerprint density at radius 2 is 1.54 bits per heavy atom. The molecule has 23 nitrogen and oxygen atoms in total. The standard InChI is InChI=1S/C48H65N11O12S/c1-30(2)26-37(45(65)58-57-42(62)34-21-23-40(50-27-34)56-52-28-33-16-10-11-19-39(33)72(68,69)70)55-44(64)36(22-20-32-14-8-7-9-15-32)53-41(61)29-51-43(63)35(17-12-24-49-47(67)71-48(4,5)6)54-46(66)38-18-13-25-59(38)31(3)60/h7-11,14-16,19,21,23,27-28,30,35-38H,12-13,17-18,20,22,24-26,29H2,1-6H3,(H,49,67)(H,50,56)(H,51,63)(H,53,61)(H,54,66)(H,55,64)(H,57,62)(H,58,65)(H,68,69,70)/t35-,36-,37-,38-/m0/s1. The quantitative estimate of drug-likeness (QED) is 0.0285. The number of ether oxygens (including phenoxy) is 1. The summed E-state index contributed by atoms with van der Waals surface area (Å²) in [5, 5.41) is 17.1. The number of nitrogens with one attached hydrogen (secondary N) is 8. The topological polar surface area (TPSA) is 325 Å². The van der Waals surface area contributed by atoms with Crippen LogP contribution in [0.25, 0.3) is 0 Å². The number of rotatable bonds is 23. The predicted molar refractivity (Wildman–Crippen MR) is 264 cm³/mol. The lowest BCUT2D eigenvalue weighted by molar-refractivity contribution is -0.138. The molecule has 72 heavy (non-hydrogen) atoms. The number of hydrazine groups is 1. The van der Waals surface area contributed by atoms with Crippen LogP contribution in [0.15, 0.2) is 82.9 Å². The number of aromatic nitrogens is 1. The molecule has 0 aliphatic carbocycles. The number of carbonyl (C=O) groups is 8. The molecule has 24 heteroatoms. The van der Waals surface area contributed by atoms with Crippen molar-refractivity contribution in [2.45, 2.75) is 121 Å². The first-order valence-electron chi connectivity index (χ1n) is 23.4. The summed E-state index contributed by atoms with van der Waals surface area (Å²) in [4.78, 5) is 111. The highest BCUT2D eigenvalue weighted by atomic mass is 32.2. The monoisotopic (exact) mass is 1020 g/mol. The number of hydrogen-bond acceptors (Lipinski definition) is 14. The summed E-state index contributed by atoms with van der Waals surface area (Å²) in [6, 6.07) is 13.2. The molecule has 4 rings (SSSR count). The number of aryl methyl sites for hydroxylation is 1. The number of nitrogens with zero attached hydrogens (tertiary/aromatic N) is 3. The Hall–Kier alpha value is -7.47. The largest absolute Gasteiger partial charge is 0.444 e. The van der Waals surface area contributed by atoms with Crippen LogP contribution in [0.4, 0.5) is 10.6 Å². The summed E-state index contributed by atoms with van der Waals surface area (Å²) in [5.74, 6) is -4.51. The maximum atomic E-state index is 14.0. The van der Waals surface area contributed by atoms with Crippen molar-refractivity contribution in [2.24, 2.45) is 11.0 Å². The van der Waals surface area contributed by atoms with Crippen molar-refractivity contribution in [3.63, 3.8) is 0 Å². The van der Waals surface area contributed by atoms with Gasteiger partial charge in [0.25, 0.3) is 21.9 Å². The average molecular weight is 1020 g/mol. The van der Waals surface area contributed by atoms with Gasteiger partial charge in [-0.2, -0.15) is 13.5 Å². The summed E-state index contributed by atoms with van der Waals surface area (Å²) in [7, 11) is -4.50. The summed E-state index contributed by atoms with van der Waals surface area (Å²) < 4.78 is 38.0. The summed E-state index contributed by atoms with van der Waals surface area (Å²) in [6.07, 6.45) is 3.50. The number of hydrogen-bond donors (Lipinski definition) is 9. The van der Waals surface area contributed by atoms with Crippen LogP contribution in [-0.4, -0.2) is 126 Å². The zero-order valence-electron chi connectivity index (χ0n) is 41.2. The highest BCUT2D eigenvalue weighted by Gasteiger charge is 2.35. The molecule has 8 amide bonds. The lowest BCUT2D eigenvalue weighted by Gasteiger charge is -2.26. The highest BCUT2D eigenvalue weighted by molar-refractivity contribution is 7.86. The maximum absolute atomic E-state index is 14.0. The van der Waals surface area contributed by atoms with Crippen LogP contribution in [0.5, 0.6) is 0 Å². The van der Waals surface area contributed by atoms with Gasteiger partial charge in [0.05, 0.1) is 18.3 Å². The minimum Gasteiger partial charge on any atom is -0.444 e. The van der Waals surface area contributed by atoms with Crippen molar-refractivity contribution < 1.29 is 56.1 Å². The van der Waals surface area contributed by atoms with Crippen molar-refractivity contribution in [2.75, 3.05) is 25.1 Å². The molecule has 1 aliphatic rings. The maximum Gasteiger partial charge on any atom is 0.407 e. The summed E-state index contributed by atoms with van der Waals surface area (Å²) in [6.45, 7) is 10.0. The smallest absolute Gasteiger partial charge is 0.407 e. The molecule has 0 spiro atoms. The molecule has 1 aromatic heterocycles. The van der Waals surface area contributed by atoms with E-state index in [1.54, 1.807) is 26.8 Å². The molecular weight excluding hydrogens is 955 g/mol. The Labute approximate surface area is 418 Å². The Balaban J connectivity index is 1.39. The van der Waals surface area contributed by atoms with E-state index >= 15 is 0 Å². The third-order valence-corrected chi connectivity index (χ3v) is 11.7. The molecule has 2 aromatic carbocycles. The predicted octanol–water partition coefficient (Wildman–Crippen LogP) is 2.10. The number of likely N-dealkylation sites (tertiary alicyclic amines) is 1. The van der Waals surface area contributed by atoms with E-state index < -0.39 is 88.0 Å². The lowest BCUT2D eigenvalue weighted by atomic mass is 10.0. The second-order valence-electron chi connectivity index (χ2n) is 18.3. The fourth-order valence-electron chi connectivity index (χ4n) is 7.36. The number of alkyl carbamates (subject to hydrolysis) is 1. The van der Waals surface area contributed by atoms with E-state index in [2.05, 4.69) is 52.9 Å². The highest BCUT2D eigenvalue weighted by Crippen LogP contribution is 2.18. The van der Waals surface area contributed by atoms with Crippen LogP contribution < -0.4 is 42.9 Å². The number of hydrazone groups is 1. The first-order valence-corrected chi connectivity index (χ1v) is 24.8. The molecule has 0 saturated carbocycles. The summed E-state index contributed by atoms with van der Waals surface area (Å²) in [5.41, 5.74) is 7.47. The summed E-state index contributed by atoms with van der Waals surface area (Å²) >= 11 is 0. The third-order valence-electron chi connectivity index (χ3n) is 10.8. The van der Waals surface area contributed by atoms with Crippen LogP contribution in [0.1, 0.15) is 102 Å². The second-order valence-corrected chi connectivity index (χ2v) is 19.7. The van der Waals surface area contributed by atoms with Gasteiger partial charge in [-0.05, 0) is 95.4 Å². The number of pyridine rings is 1. The van der Waals surface area contributed by atoms with E-state index in [4.69, 9.17) is 4.74 Å². The van der Waals surface area contributed by atoms with Crippen molar-refractivity contribution in [3.05, 3.63) is 89.6 Å². The van der Waals surface area contributed by atoms with Crippen LogP contribution in [0.3, 0.4) is 0 Å². The first-order chi connectivity index (χ1) is 34.0. The Morgan fingerprint density at radius 1 is 0.847 bits per heavy atom. The molecule has 0 radical (unpaired) electrons. The zero-order chi connectivity index (χ0) is 53.0. The van der Waals surface area contributed by atoms with Crippen LogP contribution >= 0.6 is 0 Å². The van der Waals surface area contributed by atoms with Gasteiger partial charge in [0.1, 0.15) is 40.5 Å². The van der Waals surface area contributed by atoms with Crippen LogP contribution in [0, 0.1) is 5.92 Å². The van der Waals surface area contributed by atoms with Crippen molar-refractivity contribution in [3.8, 4) is 0 Å².